The first-order valence-electron chi connectivity index (χ1n) is 6.20. The molecular weight excluding hydrogens is 287 g/mol. The molecule has 8 heteroatoms. The van der Waals surface area contributed by atoms with Crippen LogP contribution in [-0.2, 0) is 9.84 Å². The molecule has 2 rings (SSSR count). The summed E-state index contributed by atoms with van der Waals surface area (Å²) in [7, 11) is -3.11. The van der Waals surface area contributed by atoms with E-state index < -0.39 is 20.6 Å². The van der Waals surface area contributed by atoms with Gasteiger partial charge in [-0.1, -0.05) is 0 Å². The third-order valence-corrected chi connectivity index (χ3v) is 5.12. The van der Waals surface area contributed by atoms with Crippen LogP contribution in [0.3, 0.4) is 0 Å². The number of aryl methyl sites for hydroxylation is 1. The number of nitro benzene ring substituents is 1. The third-order valence-electron chi connectivity index (χ3n) is 3.30. The van der Waals surface area contributed by atoms with Crippen molar-refractivity contribution < 1.29 is 17.7 Å². The highest BCUT2D eigenvalue weighted by molar-refractivity contribution is 7.91. The Balaban J connectivity index is 2.29. The Morgan fingerprint density at radius 1 is 1.45 bits per heavy atom. The maximum absolute atomic E-state index is 13.4. The van der Waals surface area contributed by atoms with Gasteiger partial charge >= 0.3 is 0 Å². The van der Waals surface area contributed by atoms with Gasteiger partial charge in [0.25, 0.3) is 5.69 Å². The maximum atomic E-state index is 13.4. The molecule has 0 bridgehead atoms. The molecular formula is C12H15FN2O4S. The molecule has 1 aliphatic heterocycles. The number of nitro groups is 1. The lowest BCUT2D eigenvalue weighted by atomic mass is 10.1. The lowest BCUT2D eigenvalue weighted by Crippen LogP contribution is -2.35. The number of nitrogens with zero attached hydrogens (tertiary/aromatic N) is 1. The van der Waals surface area contributed by atoms with Gasteiger partial charge in [-0.3, -0.25) is 10.1 Å². The van der Waals surface area contributed by atoms with Crippen molar-refractivity contribution in [3.63, 3.8) is 0 Å². The summed E-state index contributed by atoms with van der Waals surface area (Å²) < 4.78 is 36.5. The summed E-state index contributed by atoms with van der Waals surface area (Å²) in [6, 6.07) is 1.82. The van der Waals surface area contributed by atoms with Gasteiger partial charge in [0.05, 0.1) is 22.5 Å². The molecule has 1 fully saturated rings. The molecule has 0 aliphatic carbocycles. The van der Waals surface area contributed by atoms with Gasteiger partial charge in [-0.2, -0.15) is 0 Å². The number of hydrogen-bond donors (Lipinski definition) is 1. The molecule has 1 heterocycles. The lowest BCUT2D eigenvalue weighted by molar-refractivity contribution is -0.384. The highest BCUT2D eigenvalue weighted by Crippen LogP contribution is 2.29. The normalized spacial score (nSPS) is 21.4. The fraction of sp³-hybridized carbons (Fsp3) is 0.500. The highest BCUT2D eigenvalue weighted by atomic mass is 32.2. The van der Waals surface area contributed by atoms with Crippen LogP contribution >= 0.6 is 0 Å². The number of halogens is 1. The number of rotatable bonds is 3. The van der Waals surface area contributed by atoms with Gasteiger partial charge in [-0.25, -0.2) is 12.8 Å². The number of hydrogen-bond acceptors (Lipinski definition) is 5. The van der Waals surface area contributed by atoms with Crippen molar-refractivity contribution in [2.24, 2.45) is 0 Å². The van der Waals surface area contributed by atoms with Gasteiger partial charge in [-0.15, -0.1) is 0 Å². The average molecular weight is 302 g/mol. The van der Waals surface area contributed by atoms with Crippen molar-refractivity contribution in [1.82, 2.24) is 0 Å². The van der Waals surface area contributed by atoms with E-state index in [0.717, 1.165) is 6.07 Å². The summed E-state index contributed by atoms with van der Waals surface area (Å²) in [6.45, 7) is 1.50. The summed E-state index contributed by atoms with van der Waals surface area (Å²) in [4.78, 5) is 10.3. The topological polar surface area (TPSA) is 89.3 Å². The monoisotopic (exact) mass is 302 g/mol. The molecule has 110 valence electrons. The van der Waals surface area contributed by atoms with E-state index in [1.54, 1.807) is 0 Å². The van der Waals surface area contributed by atoms with Gasteiger partial charge < -0.3 is 5.32 Å². The Bertz CT molecular complexity index is 645. The smallest absolute Gasteiger partial charge is 0.295 e. The average Bonchev–Trinajstić information content (AvgIpc) is 2.32. The van der Waals surface area contributed by atoms with Crippen molar-refractivity contribution in [1.29, 1.82) is 0 Å². The van der Waals surface area contributed by atoms with E-state index in [1.807, 2.05) is 0 Å². The summed E-state index contributed by atoms with van der Waals surface area (Å²) >= 11 is 0. The predicted molar refractivity (Wildman–Crippen MR) is 73.1 cm³/mol. The van der Waals surface area contributed by atoms with Gasteiger partial charge in [0.15, 0.2) is 9.84 Å². The zero-order valence-electron chi connectivity index (χ0n) is 10.9. The first kappa shape index (κ1) is 14.7. The van der Waals surface area contributed by atoms with Crippen molar-refractivity contribution in [2.45, 2.75) is 25.8 Å². The van der Waals surface area contributed by atoms with E-state index in [1.165, 1.54) is 13.0 Å². The van der Waals surface area contributed by atoms with Crippen LogP contribution in [0.25, 0.3) is 0 Å². The molecule has 0 amide bonds. The fourth-order valence-corrected chi connectivity index (χ4v) is 3.93. The maximum Gasteiger partial charge on any atom is 0.295 e. The van der Waals surface area contributed by atoms with Gasteiger partial charge in [-0.05, 0) is 31.4 Å². The molecule has 20 heavy (non-hydrogen) atoms. The summed E-state index contributed by atoms with van der Waals surface area (Å²) in [5, 5.41) is 13.8. The third kappa shape index (κ3) is 3.24. The molecule has 0 aromatic heterocycles. The van der Waals surface area contributed by atoms with Crippen molar-refractivity contribution in [3.05, 3.63) is 33.6 Å². The van der Waals surface area contributed by atoms with E-state index in [4.69, 9.17) is 0 Å². The Hall–Kier alpha value is -1.70. The summed E-state index contributed by atoms with van der Waals surface area (Å²) in [5.74, 6) is -0.561. The van der Waals surface area contributed by atoms with Crippen molar-refractivity contribution in [3.8, 4) is 0 Å². The molecule has 1 aromatic carbocycles. The highest BCUT2D eigenvalue weighted by Gasteiger charge is 2.27. The number of sulfone groups is 1. The number of anilines is 1. The van der Waals surface area contributed by atoms with Crippen LogP contribution in [0.2, 0.25) is 0 Å². The molecule has 1 unspecified atom stereocenters. The summed E-state index contributed by atoms with van der Waals surface area (Å²) in [5.41, 5.74) is 0.0591. The van der Waals surface area contributed by atoms with Crippen LogP contribution in [0.1, 0.15) is 18.4 Å². The predicted octanol–water partition coefficient (Wildman–Crippen LogP) is 2.03. The lowest BCUT2D eigenvalue weighted by Gasteiger charge is -2.24. The van der Waals surface area contributed by atoms with Crippen LogP contribution in [0.5, 0.6) is 0 Å². The molecule has 0 radical (unpaired) electrons. The molecule has 1 N–H and O–H groups in total. The zero-order chi connectivity index (χ0) is 14.9. The van der Waals surface area contributed by atoms with Gasteiger partial charge in [0.1, 0.15) is 11.5 Å². The molecule has 1 aromatic rings. The van der Waals surface area contributed by atoms with E-state index in [9.17, 15) is 22.9 Å². The number of nitrogens with one attached hydrogen (secondary N) is 1. The molecule has 1 atom stereocenters. The van der Waals surface area contributed by atoms with Crippen LogP contribution in [0, 0.1) is 22.9 Å². The van der Waals surface area contributed by atoms with E-state index in [2.05, 4.69) is 5.32 Å². The van der Waals surface area contributed by atoms with Crippen molar-refractivity contribution in [2.75, 3.05) is 16.8 Å². The van der Waals surface area contributed by atoms with Crippen LogP contribution in [-0.4, -0.2) is 30.9 Å². The Morgan fingerprint density at radius 3 is 2.75 bits per heavy atom. The Kier molecular flexibility index (Phi) is 3.94. The van der Waals surface area contributed by atoms with E-state index >= 15 is 0 Å². The zero-order valence-corrected chi connectivity index (χ0v) is 11.7. The van der Waals surface area contributed by atoms with Gasteiger partial charge in [0.2, 0.25) is 0 Å². The Morgan fingerprint density at radius 2 is 2.15 bits per heavy atom. The minimum absolute atomic E-state index is 0.0550. The van der Waals surface area contributed by atoms with Crippen LogP contribution in [0.15, 0.2) is 12.1 Å². The van der Waals surface area contributed by atoms with E-state index in [0.29, 0.717) is 12.8 Å². The minimum Gasteiger partial charge on any atom is -0.376 e. The fourth-order valence-electron chi connectivity index (χ4n) is 2.29. The SMILES string of the molecule is Cc1cc(NC2CCCS(=O)(=O)C2)c([N+](=O)[O-])cc1F. The van der Waals surface area contributed by atoms with Crippen LogP contribution < -0.4 is 5.32 Å². The first-order valence-corrected chi connectivity index (χ1v) is 8.02. The molecule has 6 nitrogen and oxygen atoms in total. The first-order chi connectivity index (χ1) is 9.28. The molecule has 0 spiro atoms. The molecule has 0 saturated carbocycles. The molecule has 1 aliphatic rings. The molecule has 1 saturated heterocycles. The summed E-state index contributed by atoms with van der Waals surface area (Å²) in [6.07, 6.45) is 1.14. The second-order valence-electron chi connectivity index (χ2n) is 4.97. The van der Waals surface area contributed by atoms with Crippen LogP contribution in [0.4, 0.5) is 15.8 Å². The quantitative estimate of drug-likeness (QED) is 0.681. The second kappa shape index (κ2) is 5.35. The standard InChI is InChI=1S/C12H15FN2O4S/c1-8-5-11(12(15(16)17)6-10(8)13)14-9-3-2-4-20(18,19)7-9/h5-6,9,14H,2-4,7H2,1H3. The minimum atomic E-state index is -3.11. The van der Waals surface area contributed by atoms with Gasteiger partial charge in [0, 0.05) is 6.04 Å². The van der Waals surface area contributed by atoms with E-state index in [-0.39, 0.29) is 34.5 Å². The largest absolute Gasteiger partial charge is 0.376 e. The van der Waals surface area contributed by atoms with Crippen molar-refractivity contribution >= 4 is 21.2 Å². The number of benzene rings is 1. The second-order valence-corrected chi connectivity index (χ2v) is 7.20. The Labute approximate surface area is 116 Å².